The van der Waals surface area contributed by atoms with Crippen LogP contribution in [0.1, 0.15) is 29.9 Å². The smallest absolute Gasteiger partial charge is 0.339 e. The first-order valence-corrected chi connectivity index (χ1v) is 10.3. The minimum Gasteiger partial charge on any atom is -0.465 e. The highest BCUT2D eigenvalue weighted by atomic mass is 32.2. The van der Waals surface area contributed by atoms with Crippen molar-refractivity contribution in [1.29, 1.82) is 0 Å². The van der Waals surface area contributed by atoms with E-state index in [0.29, 0.717) is 22.3 Å². The van der Waals surface area contributed by atoms with Crippen molar-refractivity contribution in [3.63, 3.8) is 0 Å². The molecule has 1 unspecified atom stereocenters. The lowest BCUT2D eigenvalue weighted by molar-refractivity contribution is -0.115. The molecule has 1 aromatic heterocycles. The number of para-hydroxylation sites is 1. The van der Waals surface area contributed by atoms with Crippen molar-refractivity contribution in [1.82, 2.24) is 9.97 Å². The highest BCUT2D eigenvalue weighted by Crippen LogP contribution is 2.22. The zero-order valence-corrected chi connectivity index (χ0v) is 16.9. The first-order valence-electron chi connectivity index (χ1n) is 8.27. The zero-order valence-electron chi connectivity index (χ0n) is 15.3. The van der Waals surface area contributed by atoms with Gasteiger partial charge in [0, 0.05) is 11.8 Å². The quantitative estimate of drug-likeness (QED) is 0.394. The molecule has 7 nitrogen and oxygen atoms in total. The molecule has 2 rings (SSSR count). The molecule has 0 saturated carbocycles. The van der Waals surface area contributed by atoms with Crippen molar-refractivity contribution in [2.45, 2.75) is 30.0 Å². The van der Waals surface area contributed by atoms with Crippen LogP contribution in [0.25, 0.3) is 0 Å². The Bertz CT molecular complexity index is 870. The second kappa shape index (κ2) is 10.2. The van der Waals surface area contributed by atoms with Gasteiger partial charge in [-0.15, -0.1) is 0 Å². The summed E-state index contributed by atoms with van der Waals surface area (Å²) in [4.78, 5) is 43.2. The van der Waals surface area contributed by atoms with E-state index in [-0.39, 0.29) is 17.0 Å². The van der Waals surface area contributed by atoms with Crippen molar-refractivity contribution in [2.75, 3.05) is 18.2 Å². The number of carbonyl (C=O) groups excluding carboxylic acids is 2. The van der Waals surface area contributed by atoms with Gasteiger partial charge in [-0.25, -0.2) is 9.78 Å². The lowest BCUT2D eigenvalue weighted by atomic mass is 10.2. The molecule has 0 aliphatic heterocycles. The molecular formula is C18H21N3O4S2. The summed E-state index contributed by atoms with van der Waals surface area (Å²) in [5.41, 5.74) is 1.08. The van der Waals surface area contributed by atoms with Crippen molar-refractivity contribution >= 4 is 41.1 Å². The number of aromatic amines is 1. The van der Waals surface area contributed by atoms with Crippen molar-refractivity contribution in [2.24, 2.45) is 0 Å². The predicted octanol–water partition coefficient (Wildman–Crippen LogP) is 2.93. The molecule has 0 fully saturated rings. The van der Waals surface area contributed by atoms with Gasteiger partial charge in [-0.05, 0) is 24.8 Å². The number of nitrogens with zero attached hydrogens (tertiary/aromatic N) is 1. The molecule has 1 atom stereocenters. The normalized spacial score (nSPS) is 11.7. The largest absolute Gasteiger partial charge is 0.465 e. The monoisotopic (exact) mass is 407 g/mol. The standard InChI is InChI=1S/C18H21N3O4S2/c1-4-26-10-12-9-15(22)21-18(19-12)27-11(2)16(23)20-14-8-6-5-7-13(14)17(24)25-3/h5-9,11H,4,10H2,1-3H3,(H,20,23)(H,19,21,22). The van der Waals surface area contributed by atoms with E-state index in [9.17, 15) is 14.4 Å². The summed E-state index contributed by atoms with van der Waals surface area (Å²) in [6.45, 7) is 3.74. The Hall–Kier alpha value is -2.26. The third-order valence-electron chi connectivity index (χ3n) is 3.47. The fraction of sp³-hybridized carbons (Fsp3) is 0.333. The Kier molecular flexibility index (Phi) is 7.93. The van der Waals surface area contributed by atoms with Crippen LogP contribution >= 0.6 is 23.5 Å². The SMILES string of the molecule is CCSCc1cc(=O)[nH]c(SC(C)C(=O)Nc2ccccc2C(=O)OC)n1. The number of methoxy groups -OCH3 is 1. The topological polar surface area (TPSA) is 101 Å². The zero-order chi connectivity index (χ0) is 19.8. The summed E-state index contributed by atoms with van der Waals surface area (Å²) in [7, 11) is 1.28. The fourth-order valence-electron chi connectivity index (χ4n) is 2.16. The maximum absolute atomic E-state index is 12.5. The number of carbonyl (C=O) groups is 2. The Balaban J connectivity index is 2.10. The average molecular weight is 408 g/mol. The van der Waals surface area contributed by atoms with Crippen molar-refractivity contribution in [3.05, 3.63) is 51.9 Å². The van der Waals surface area contributed by atoms with Gasteiger partial charge in [-0.3, -0.25) is 9.59 Å². The Morgan fingerprint density at radius 3 is 2.78 bits per heavy atom. The Labute approximate surface area is 165 Å². The van der Waals surface area contributed by atoms with Gasteiger partial charge < -0.3 is 15.0 Å². The minimum atomic E-state index is -0.534. The van der Waals surface area contributed by atoms with Crippen LogP contribution in [0.5, 0.6) is 0 Å². The van der Waals surface area contributed by atoms with E-state index in [0.717, 1.165) is 17.5 Å². The lowest BCUT2D eigenvalue weighted by Crippen LogP contribution is -2.24. The summed E-state index contributed by atoms with van der Waals surface area (Å²) in [6.07, 6.45) is 0. The molecule has 9 heteroatoms. The van der Waals surface area contributed by atoms with E-state index in [1.165, 1.54) is 13.2 Å². The van der Waals surface area contributed by atoms with Crippen molar-refractivity contribution in [3.8, 4) is 0 Å². The van der Waals surface area contributed by atoms with Gasteiger partial charge in [-0.2, -0.15) is 11.8 Å². The van der Waals surface area contributed by atoms with E-state index >= 15 is 0 Å². The number of rotatable bonds is 8. The number of esters is 1. The van der Waals surface area contributed by atoms with E-state index in [1.807, 2.05) is 6.92 Å². The summed E-state index contributed by atoms with van der Waals surface area (Å²) >= 11 is 2.81. The summed E-state index contributed by atoms with van der Waals surface area (Å²) in [5.74, 6) is 0.724. The average Bonchev–Trinajstić information content (AvgIpc) is 2.65. The van der Waals surface area contributed by atoms with Gasteiger partial charge >= 0.3 is 5.97 Å². The molecule has 27 heavy (non-hydrogen) atoms. The molecule has 1 heterocycles. The maximum Gasteiger partial charge on any atom is 0.339 e. The van der Waals surface area contributed by atoms with Crippen molar-refractivity contribution < 1.29 is 14.3 Å². The number of hydrogen-bond acceptors (Lipinski definition) is 7. The highest BCUT2D eigenvalue weighted by Gasteiger charge is 2.19. The number of aromatic nitrogens is 2. The van der Waals surface area contributed by atoms with Crippen LogP contribution in [0.4, 0.5) is 5.69 Å². The molecule has 0 aliphatic rings. The van der Waals surface area contributed by atoms with Crippen LogP contribution in [-0.4, -0.2) is 40.0 Å². The second-order valence-corrected chi connectivity index (χ2v) is 8.07. The van der Waals surface area contributed by atoms with Gasteiger partial charge in [-0.1, -0.05) is 30.8 Å². The number of amides is 1. The Morgan fingerprint density at radius 1 is 1.33 bits per heavy atom. The third-order valence-corrected chi connectivity index (χ3v) is 5.37. The minimum absolute atomic E-state index is 0.247. The van der Waals surface area contributed by atoms with Crippen LogP contribution in [0.2, 0.25) is 0 Å². The van der Waals surface area contributed by atoms with E-state index in [2.05, 4.69) is 15.3 Å². The van der Waals surface area contributed by atoms with Gasteiger partial charge in [0.25, 0.3) is 5.56 Å². The van der Waals surface area contributed by atoms with Gasteiger partial charge in [0.15, 0.2) is 5.16 Å². The first-order chi connectivity index (χ1) is 12.9. The number of benzene rings is 1. The molecule has 0 aliphatic carbocycles. The van der Waals surface area contributed by atoms with Crippen LogP contribution in [0.3, 0.4) is 0 Å². The molecule has 1 amide bonds. The van der Waals surface area contributed by atoms with E-state index in [4.69, 9.17) is 4.74 Å². The number of H-pyrrole nitrogens is 1. The first kappa shape index (κ1) is 21.0. The van der Waals surface area contributed by atoms with Gasteiger partial charge in [0.05, 0.1) is 29.3 Å². The molecule has 2 aromatic rings. The van der Waals surface area contributed by atoms with Crippen LogP contribution in [-0.2, 0) is 15.3 Å². The van der Waals surface area contributed by atoms with E-state index in [1.54, 1.807) is 43.0 Å². The molecule has 0 radical (unpaired) electrons. The summed E-state index contributed by atoms with van der Waals surface area (Å²) < 4.78 is 4.73. The summed E-state index contributed by atoms with van der Waals surface area (Å²) in [6, 6.07) is 8.07. The third kappa shape index (κ3) is 6.14. The maximum atomic E-state index is 12.5. The van der Waals surface area contributed by atoms with Gasteiger partial charge in [0.2, 0.25) is 5.91 Å². The molecule has 1 aromatic carbocycles. The number of hydrogen-bond donors (Lipinski definition) is 2. The van der Waals surface area contributed by atoms with Gasteiger partial charge in [0.1, 0.15) is 0 Å². The Morgan fingerprint density at radius 2 is 2.07 bits per heavy atom. The number of thioether (sulfide) groups is 2. The number of nitrogens with one attached hydrogen (secondary N) is 2. The van der Waals surface area contributed by atoms with Crippen LogP contribution in [0.15, 0.2) is 40.3 Å². The number of anilines is 1. The van der Waals surface area contributed by atoms with E-state index < -0.39 is 11.2 Å². The molecule has 0 bridgehead atoms. The highest BCUT2D eigenvalue weighted by molar-refractivity contribution is 8.00. The predicted molar refractivity (Wildman–Crippen MR) is 108 cm³/mol. The molecule has 0 saturated heterocycles. The second-order valence-electron chi connectivity index (χ2n) is 5.47. The molecular weight excluding hydrogens is 386 g/mol. The number of ether oxygens (including phenoxy) is 1. The molecule has 2 N–H and O–H groups in total. The lowest BCUT2D eigenvalue weighted by Gasteiger charge is -2.13. The van der Waals surface area contributed by atoms with Crippen LogP contribution in [0, 0.1) is 0 Å². The van der Waals surface area contributed by atoms with Crippen LogP contribution < -0.4 is 10.9 Å². The molecule has 0 spiro atoms. The summed E-state index contributed by atoms with van der Waals surface area (Å²) in [5, 5.41) is 2.58. The molecule has 144 valence electrons. The fourth-order valence-corrected chi connectivity index (χ4v) is 3.55.